The second-order valence-electron chi connectivity index (χ2n) is 4.75. The SMILES string of the molecule is COc1ccc(C)cc1S(=O)(=O)NCC(OC)c1ccco1. The Hall–Kier alpha value is -1.83. The fourth-order valence-corrected chi connectivity index (χ4v) is 3.32. The molecule has 120 valence electrons. The average Bonchev–Trinajstić information content (AvgIpc) is 3.02. The molecule has 1 N–H and O–H groups in total. The lowest BCUT2D eigenvalue weighted by atomic mass is 10.2. The summed E-state index contributed by atoms with van der Waals surface area (Å²) >= 11 is 0. The normalized spacial score (nSPS) is 13.0. The quantitative estimate of drug-likeness (QED) is 0.845. The number of methoxy groups -OCH3 is 2. The van der Waals surface area contributed by atoms with Crippen molar-refractivity contribution in [3.05, 3.63) is 47.9 Å². The summed E-state index contributed by atoms with van der Waals surface area (Å²) in [5.74, 6) is 0.853. The number of sulfonamides is 1. The lowest BCUT2D eigenvalue weighted by Crippen LogP contribution is -2.29. The van der Waals surface area contributed by atoms with Gasteiger partial charge >= 0.3 is 0 Å². The molecule has 6 nitrogen and oxygen atoms in total. The first kappa shape index (κ1) is 16.5. The van der Waals surface area contributed by atoms with E-state index in [2.05, 4.69) is 4.72 Å². The standard InChI is InChI=1S/C15H19NO5S/c1-11-6-7-13(19-2)15(9-11)22(17,18)16-10-14(20-3)12-5-4-8-21-12/h4-9,14,16H,10H2,1-3H3. The van der Waals surface area contributed by atoms with Crippen LogP contribution in [0.1, 0.15) is 17.4 Å². The molecule has 1 unspecified atom stereocenters. The Morgan fingerprint density at radius 2 is 2.05 bits per heavy atom. The molecule has 0 saturated heterocycles. The van der Waals surface area contributed by atoms with Crippen LogP contribution in [-0.4, -0.2) is 29.2 Å². The Balaban J connectivity index is 2.19. The van der Waals surface area contributed by atoms with Crippen LogP contribution in [0.2, 0.25) is 0 Å². The summed E-state index contributed by atoms with van der Waals surface area (Å²) in [5, 5.41) is 0. The Morgan fingerprint density at radius 3 is 2.64 bits per heavy atom. The monoisotopic (exact) mass is 325 g/mol. The molecule has 0 radical (unpaired) electrons. The summed E-state index contributed by atoms with van der Waals surface area (Å²) in [7, 11) is -0.789. The molecule has 1 heterocycles. The van der Waals surface area contributed by atoms with E-state index in [9.17, 15) is 8.42 Å². The van der Waals surface area contributed by atoms with Gasteiger partial charge in [-0.1, -0.05) is 6.07 Å². The van der Waals surface area contributed by atoms with Crippen LogP contribution in [0.25, 0.3) is 0 Å². The van der Waals surface area contributed by atoms with E-state index in [1.165, 1.54) is 20.5 Å². The van der Waals surface area contributed by atoms with Crippen LogP contribution in [-0.2, 0) is 14.8 Å². The molecule has 0 aliphatic rings. The minimum atomic E-state index is -3.72. The first-order chi connectivity index (χ1) is 10.5. The molecule has 22 heavy (non-hydrogen) atoms. The molecule has 0 bridgehead atoms. The van der Waals surface area contributed by atoms with E-state index in [1.54, 1.807) is 30.3 Å². The summed E-state index contributed by atoms with van der Waals surface area (Å²) in [6.07, 6.45) is 1.01. The molecule has 0 fully saturated rings. The van der Waals surface area contributed by atoms with Gasteiger partial charge in [-0.15, -0.1) is 0 Å². The lowest BCUT2D eigenvalue weighted by molar-refractivity contribution is 0.0878. The topological polar surface area (TPSA) is 77.8 Å². The summed E-state index contributed by atoms with van der Waals surface area (Å²) in [5.41, 5.74) is 0.829. The van der Waals surface area contributed by atoms with Gasteiger partial charge in [-0.05, 0) is 36.8 Å². The van der Waals surface area contributed by atoms with Crippen molar-refractivity contribution in [3.63, 3.8) is 0 Å². The number of furan rings is 1. The van der Waals surface area contributed by atoms with Crippen LogP contribution < -0.4 is 9.46 Å². The van der Waals surface area contributed by atoms with Crippen molar-refractivity contribution in [2.24, 2.45) is 0 Å². The van der Waals surface area contributed by atoms with E-state index in [0.717, 1.165) is 5.56 Å². The maximum absolute atomic E-state index is 12.5. The molecule has 1 aromatic carbocycles. The largest absolute Gasteiger partial charge is 0.495 e. The number of ether oxygens (including phenoxy) is 2. The molecule has 1 atom stereocenters. The first-order valence-electron chi connectivity index (χ1n) is 6.68. The fraction of sp³-hybridized carbons (Fsp3) is 0.333. The first-order valence-corrected chi connectivity index (χ1v) is 8.16. The molecule has 2 rings (SSSR count). The molecular formula is C15H19NO5S. The van der Waals surface area contributed by atoms with Gasteiger partial charge in [0.1, 0.15) is 22.5 Å². The molecule has 2 aromatic rings. The molecular weight excluding hydrogens is 306 g/mol. The van der Waals surface area contributed by atoms with E-state index in [1.807, 2.05) is 6.92 Å². The van der Waals surface area contributed by atoms with E-state index >= 15 is 0 Å². The highest BCUT2D eigenvalue weighted by molar-refractivity contribution is 7.89. The van der Waals surface area contributed by atoms with Gasteiger partial charge in [-0.2, -0.15) is 0 Å². The Labute approximate surface area is 130 Å². The summed E-state index contributed by atoms with van der Waals surface area (Å²) < 4.78 is 43.1. The number of aryl methyl sites for hydroxylation is 1. The van der Waals surface area contributed by atoms with Crippen LogP contribution in [0.15, 0.2) is 45.9 Å². The predicted octanol–water partition coefficient (Wildman–Crippen LogP) is 2.26. The lowest BCUT2D eigenvalue weighted by Gasteiger charge is -2.15. The zero-order chi connectivity index (χ0) is 16.2. The van der Waals surface area contributed by atoms with Crippen molar-refractivity contribution in [3.8, 4) is 5.75 Å². The van der Waals surface area contributed by atoms with E-state index in [-0.39, 0.29) is 11.4 Å². The molecule has 0 aliphatic carbocycles. The van der Waals surface area contributed by atoms with Crippen molar-refractivity contribution in [2.75, 3.05) is 20.8 Å². The summed E-state index contributed by atoms with van der Waals surface area (Å²) in [6.45, 7) is 1.88. The molecule has 0 aliphatic heterocycles. The highest BCUT2D eigenvalue weighted by atomic mass is 32.2. The fourth-order valence-electron chi connectivity index (χ4n) is 2.03. The van der Waals surface area contributed by atoms with Gasteiger partial charge in [-0.3, -0.25) is 0 Å². The number of hydrogen-bond donors (Lipinski definition) is 1. The van der Waals surface area contributed by atoms with Crippen molar-refractivity contribution in [2.45, 2.75) is 17.9 Å². The molecule has 0 spiro atoms. The average molecular weight is 325 g/mol. The number of nitrogens with one attached hydrogen (secondary N) is 1. The maximum atomic E-state index is 12.5. The second kappa shape index (κ2) is 6.95. The third-order valence-corrected chi connectivity index (χ3v) is 4.66. The van der Waals surface area contributed by atoms with Crippen LogP contribution in [0.4, 0.5) is 0 Å². The molecule has 7 heteroatoms. The molecule has 1 aromatic heterocycles. The van der Waals surface area contributed by atoms with Crippen molar-refractivity contribution >= 4 is 10.0 Å². The van der Waals surface area contributed by atoms with Gasteiger partial charge < -0.3 is 13.9 Å². The van der Waals surface area contributed by atoms with Gasteiger partial charge in [0.2, 0.25) is 10.0 Å². The summed E-state index contributed by atoms with van der Waals surface area (Å²) in [6, 6.07) is 8.44. The van der Waals surface area contributed by atoms with Crippen LogP contribution >= 0.6 is 0 Å². The second-order valence-corrected chi connectivity index (χ2v) is 6.48. The van der Waals surface area contributed by atoms with Crippen LogP contribution in [0, 0.1) is 6.92 Å². The Bertz CT molecular complexity index is 710. The van der Waals surface area contributed by atoms with Gasteiger partial charge in [0.25, 0.3) is 0 Å². The van der Waals surface area contributed by atoms with Gasteiger partial charge in [0.05, 0.1) is 13.4 Å². The van der Waals surface area contributed by atoms with Crippen LogP contribution in [0.5, 0.6) is 5.75 Å². The smallest absolute Gasteiger partial charge is 0.244 e. The van der Waals surface area contributed by atoms with E-state index < -0.39 is 16.1 Å². The minimum absolute atomic E-state index is 0.0590. The van der Waals surface area contributed by atoms with Crippen molar-refractivity contribution in [1.29, 1.82) is 0 Å². The number of hydrogen-bond acceptors (Lipinski definition) is 5. The highest BCUT2D eigenvalue weighted by Gasteiger charge is 2.22. The number of rotatable bonds is 7. The van der Waals surface area contributed by atoms with Crippen LogP contribution in [0.3, 0.4) is 0 Å². The van der Waals surface area contributed by atoms with Gasteiger partial charge in [0.15, 0.2) is 0 Å². The summed E-state index contributed by atoms with van der Waals surface area (Å²) in [4.78, 5) is 0.101. The Kier molecular flexibility index (Phi) is 5.23. The van der Waals surface area contributed by atoms with Gasteiger partial charge in [0, 0.05) is 13.7 Å². The highest BCUT2D eigenvalue weighted by Crippen LogP contribution is 2.25. The Morgan fingerprint density at radius 1 is 1.27 bits per heavy atom. The molecule has 0 amide bonds. The van der Waals surface area contributed by atoms with Crippen molar-refractivity contribution in [1.82, 2.24) is 4.72 Å². The molecule has 0 saturated carbocycles. The predicted molar refractivity (Wildman–Crippen MR) is 81.4 cm³/mol. The van der Waals surface area contributed by atoms with E-state index in [0.29, 0.717) is 11.5 Å². The third kappa shape index (κ3) is 3.68. The number of benzene rings is 1. The van der Waals surface area contributed by atoms with Gasteiger partial charge in [-0.25, -0.2) is 13.1 Å². The maximum Gasteiger partial charge on any atom is 0.244 e. The zero-order valence-corrected chi connectivity index (χ0v) is 13.5. The minimum Gasteiger partial charge on any atom is -0.495 e. The zero-order valence-electron chi connectivity index (χ0n) is 12.7. The van der Waals surface area contributed by atoms with Crippen molar-refractivity contribution < 1.29 is 22.3 Å². The third-order valence-electron chi connectivity index (χ3n) is 3.21. The van der Waals surface area contributed by atoms with E-state index in [4.69, 9.17) is 13.9 Å².